The number of nitrogens with zero attached hydrogens (tertiary/aromatic N) is 2. The molecule has 2 aromatic rings. The normalized spacial score (nSPS) is 11.9. The van der Waals surface area contributed by atoms with E-state index in [9.17, 15) is 9.59 Å². The van der Waals surface area contributed by atoms with Crippen LogP contribution in [-0.2, 0) is 0 Å². The van der Waals surface area contributed by atoms with Crippen LogP contribution in [0.25, 0.3) is 0 Å². The van der Waals surface area contributed by atoms with Crippen molar-refractivity contribution >= 4 is 11.6 Å². The average molecular weight is 431 g/mol. The summed E-state index contributed by atoms with van der Waals surface area (Å²) in [5, 5.41) is 18.2. The molecular weight excluding hydrogens is 396 g/mol. The lowest BCUT2D eigenvalue weighted by atomic mass is 10.1. The molecule has 0 heterocycles. The molecule has 0 bridgehead atoms. The molecule has 2 aromatic carbocycles. The largest absolute Gasteiger partial charge is 0.457 e. The Balaban J connectivity index is 1.98. The molecule has 0 aliphatic rings. The van der Waals surface area contributed by atoms with E-state index in [4.69, 9.17) is 14.9 Å². The average Bonchev–Trinajstić information content (AvgIpc) is 2.68. The number of Topliss-reactive ketones (excluding diaryl/α,β-unsaturated/α-hetero) is 2. The van der Waals surface area contributed by atoms with Crippen molar-refractivity contribution < 1.29 is 33.5 Å². The molecule has 0 unspecified atom stereocenters. The van der Waals surface area contributed by atoms with E-state index in [-0.39, 0.29) is 24.8 Å². The maximum absolute atomic E-state index is 12.5. The van der Waals surface area contributed by atoms with Crippen LogP contribution in [0.4, 0.5) is 0 Å². The standard InChI is InChI=1S/C24H34N2O5/c1-25(2,13-15-27)17-23(29)19-5-9-21(10-6-19)31-22-11-7-20(8-12-22)24(30)18-26(3,4)14-16-28/h5-12,27-28H,13-18H2,1-4H3/q+2. The molecule has 0 amide bonds. The number of carbonyl (C=O) groups is 2. The summed E-state index contributed by atoms with van der Waals surface area (Å²) in [7, 11) is 7.64. The van der Waals surface area contributed by atoms with Gasteiger partial charge in [-0.15, -0.1) is 0 Å². The van der Waals surface area contributed by atoms with E-state index < -0.39 is 0 Å². The Bertz CT molecular complexity index is 800. The van der Waals surface area contributed by atoms with Crippen LogP contribution in [-0.4, -0.2) is 98.3 Å². The maximum atomic E-state index is 12.5. The summed E-state index contributed by atoms with van der Waals surface area (Å²) in [4.78, 5) is 24.9. The first-order chi connectivity index (χ1) is 14.5. The number of hydrogen-bond donors (Lipinski definition) is 2. The van der Waals surface area contributed by atoms with Crippen LogP contribution in [0.1, 0.15) is 20.7 Å². The molecule has 0 aromatic heterocycles. The molecule has 0 aliphatic heterocycles. The second-order valence-electron chi connectivity index (χ2n) is 9.08. The SMILES string of the molecule is C[N+](C)(CCO)CC(=O)c1ccc(Oc2ccc(C(=O)C[N+](C)(C)CCO)cc2)cc1. The number of carbonyl (C=O) groups excluding carboxylic acids is 2. The maximum Gasteiger partial charge on any atom is 0.216 e. The van der Waals surface area contributed by atoms with Crippen LogP contribution >= 0.6 is 0 Å². The van der Waals surface area contributed by atoms with Crippen molar-refractivity contribution in [3.63, 3.8) is 0 Å². The van der Waals surface area contributed by atoms with Crippen molar-refractivity contribution in [2.24, 2.45) is 0 Å². The molecule has 0 radical (unpaired) electrons. The van der Waals surface area contributed by atoms with E-state index in [1.165, 1.54) is 0 Å². The van der Waals surface area contributed by atoms with Gasteiger partial charge in [0.25, 0.3) is 0 Å². The Labute approximate surface area is 184 Å². The van der Waals surface area contributed by atoms with Crippen LogP contribution < -0.4 is 4.74 Å². The lowest BCUT2D eigenvalue weighted by Crippen LogP contribution is -2.45. The van der Waals surface area contributed by atoms with Crippen molar-refractivity contribution in [2.75, 3.05) is 67.6 Å². The van der Waals surface area contributed by atoms with Gasteiger partial charge in [0, 0.05) is 11.1 Å². The van der Waals surface area contributed by atoms with Gasteiger partial charge in [-0.1, -0.05) is 0 Å². The summed E-state index contributed by atoms with van der Waals surface area (Å²) >= 11 is 0. The van der Waals surface area contributed by atoms with Crippen LogP contribution in [0, 0.1) is 0 Å². The zero-order valence-corrected chi connectivity index (χ0v) is 18.9. The van der Waals surface area contributed by atoms with Gasteiger partial charge in [-0.25, -0.2) is 0 Å². The second kappa shape index (κ2) is 10.6. The Kier molecular flexibility index (Phi) is 8.47. The van der Waals surface area contributed by atoms with Crippen molar-refractivity contribution in [3.05, 3.63) is 59.7 Å². The fraction of sp³-hybridized carbons (Fsp3) is 0.417. The number of quaternary nitrogens is 2. The highest BCUT2D eigenvalue weighted by Crippen LogP contribution is 2.23. The Hall–Kier alpha value is -2.58. The molecule has 7 heteroatoms. The molecule has 2 rings (SSSR count). The number of ketones is 2. The summed E-state index contributed by atoms with van der Waals surface area (Å²) < 4.78 is 6.68. The molecule has 0 saturated heterocycles. The van der Waals surface area contributed by atoms with Crippen LogP contribution in [0.5, 0.6) is 11.5 Å². The summed E-state index contributed by atoms with van der Waals surface area (Å²) in [6.07, 6.45) is 0. The monoisotopic (exact) mass is 430 g/mol. The zero-order chi connectivity index (χ0) is 23.1. The highest BCUT2D eigenvalue weighted by molar-refractivity contribution is 5.97. The number of hydrogen-bond acceptors (Lipinski definition) is 5. The fourth-order valence-electron chi connectivity index (χ4n) is 3.21. The first-order valence-corrected chi connectivity index (χ1v) is 10.4. The van der Waals surface area contributed by atoms with Crippen molar-refractivity contribution in [3.8, 4) is 11.5 Å². The van der Waals surface area contributed by atoms with E-state index >= 15 is 0 Å². The number of likely N-dealkylation sites (N-methyl/N-ethyl adjacent to an activating group) is 2. The van der Waals surface area contributed by atoms with Gasteiger partial charge in [0.2, 0.25) is 11.6 Å². The van der Waals surface area contributed by atoms with E-state index in [2.05, 4.69) is 0 Å². The highest BCUT2D eigenvalue weighted by atomic mass is 16.5. The number of rotatable bonds is 12. The molecule has 2 N–H and O–H groups in total. The molecule has 0 fully saturated rings. The Morgan fingerprint density at radius 1 is 0.677 bits per heavy atom. The second-order valence-corrected chi connectivity index (χ2v) is 9.08. The first kappa shape index (κ1) is 24.7. The molecular formula is C24H34N2O5+2. The summed E-state index contributed by atoms with van der Waals surface area (Å²) in [6, 6.07) is 13.9. The number of aliphatic hydroxyl groups excluding tert-OH is 2. The minimum Gasteiger partial charge on any atom is -0.457 e. The van der Waals surface area contributed by atoms with E-state index in [0.29, 0.717) is 57.8 Å². The molecule has 0 spiro atoms. The van der Waals surface area contributed by atoms with Crippen molar-refractivity contribution in [1.29, 1.82) is 0 Å². The third kappa shape index (κ3) is 7.88. The van der Waals surface area contributed by atoms with Gasteiger partial charge in [0.05, 0.1) is 41.4 Å². The van der Waals surface area contributed by atoms with Gasteiger partial charge < -0.3 is 23.9 Å². The number of aliphatic hydroxyl groups is 2. The predicted molar refractivity (Wildman–Crippen MR) is 119 cm³/mol. The lowest BCUT2D eigenvalue weighted by molar-refractivity contribution is -0.882. The third-order valence-electron chi connectivity index (χ3n) is 5.14. The highest BCUT2D eigenvalue weighted by Gasteiger charge is 2.21. The smallest absolute Gasteiger partial charge is 0.216 e. The van der Waals surface area contributed by atoms with Gasteiger partial charge in [-0.3, -0.25) is 9.59 Å². The third-order valence-corrected chi connectivity index (χ3v) is 5.14. The first-order valence-electron chi connectivity index (χ1n) is 10.4. The van der Waals surface area contributed by atoms with E-state index in [0.717, 1.165) is 0 Å². The van der Waals surface area contributed by atoms with Gasteiger partial charge in [-0.05, 0) is 48.5 Å². The van der Waals surface area contributed by atoms with Gasteiger partial charge >= 0.3 is 0 Å². The van der Waals surface area contributed by atoms with Crippen molar-refractivity contribution in [2.45, 2.75) is 0 Å². The van der Waals surface area contributed by atoms with E-state index in [1.54, 1.807) is 48.5 Å². The number of benzene rings is 2. The Morgan fingerprint density at radius 3 is 1.29 bits per heavy atom. The van der Waals surface area contributed by atoms with Gasteiger partial charge in [0.15, 0.2) is 0 Å². The zero-order valence-electron chi connectivity index (χ0n) is 18.9. The van der Waals surface area contributed by atoms with Crippen LogP contribution in [0.15, 0.2) is 48.5 Å². The molecule has 0 atom stereocenters. The molecule has 0 aliphatic carbocycles. The summed E-state index contributed by atoms with van der Waals surface area (Å²) in [6.45, 7) is 1.73. The molecule has 0 saturated carbocycles. The quantitative estimate of drug-likeness (QED) is 0.397. The topological polar surface area (TPSA) is 83.8 Å². The number of ether oxygens (including phenoxy) is 1. The van der Waals surface area contributed by atoms with E-state index in [1.807, 2.05) is 28.2 Å². The molecule has 31 heavy (non-hydrogen) atoms. The van der Waals surface area contributed by atoms with Crippen LogP contribution in [0.2, 0.25) is 0 Å². The van der Waals surface area contributed by atoms with Crippen LogP contribution in [0.3, 0.4) is 0 Å². The Morgan fingerprint density at radius 2 is 1.00 bits per heavy atom. The van der Waals surface area contributed by atoms with Gasteiger partial charge in [-0.2, -0.15) is 0 Å². The summed E-state index contributed by atoms with van der Waals surface area (Å²) in [5.41, 5.74) is 1.20. The minimum atomic E-state index is 0.00962. The predicted octanol–water partition coefficient (Wildman–Crippen LogP) is 1.98. The molecule has 168 valence electrons. The van der Waals surface area contributed by atoms with Gasteiger partial charge in [0.1, 0.15) is 37.7 Å². The van der Waals surface area contributed by atoms with Crippen molar-refractivity contribution in [1.82, 2.24) is 0 Å². The summed E-state index contributed by atoms with van der Waals surface area (Å²) in [5.74, 6) is 1.21. The fourth-order valence-corrected chi connectivity index (χ4v) is 3.21. The molecule has 7 nitrogen and oxygen atoms in total. The minimum absolute atomic E-state index is 0.00962. The lowest BCUT2D eigenvalue weighted by Gasteiger charge is -2.28.